The predicted molar refractivity (Wildman–Crippen MR) is 69.6 cm³/mol. The highest BCUT2D eigenvalue weighted by Gasteiger charge is 2.27. The molecule has 0 radical (unpaired) electrons. The van der Waals surface area contributed by atoms with Crippen molar-refractivity contribution in [2.24, 2.45) is 0 Å². The molecule has 0 saturated carbocycles. The van der Waals surface area contributed by atoms with Gasteiger partial charge in [-0.25, -0.2) is 4.79 Å². The molecule has 0 fully saturated rings. The molecule has 4 nitrogen and oxygen atoms in total. The molecule has 0 unspecified atom stereocenters. The quantitative estimate of drug-likeness (QED) is 0.640. The van der Waals surface area contributed by atoms with Gasteiger partial charge >= 0.3 is 5.97 Å². The van der Waals surface area contributed by atoms with E-state index in [0.29, 0.717) is 19.6 Å². The molecule has 1 aliphatic heterocycles. The molecule has 98 valence electrons. The van der Waals surface area contributed by atoms with Crippen LogP contribution in [0.3, 0.4) is 0 Å². The second-order valence-electron chi connectivity index (χ2n) is 4.65. The van der Waals surface area contributed by atoms with Crippen molar-refractivity contribution >= 4 is 11.7 Å². The SMILES string of the molecule is CC(C)OCCOC(=O)[C@@H]1Cc2ccccc2N1. The van der Waals surface area contributed by atoms with E-state index in [0.717, 1.165) is 11.3 Å². The van der Waals surface area contributed by atoms with Crippen molar-refractivity contribution in [3.8, 4) is 0 Å². The van der Waals surface area contributed by atoms with Crippen LogP contribution in [0.15, 0.2) is 24.3 Å². The summed E-state index contributed by atoms with van der Waals surface area (Å²) in [4.78, 5) is 11.8. The van der Waals surface area contributed by atoms with Crippen molar-refractivity contribution in [3.63, 3.8) is 0 Å². The number of carbonyl (C=O) groups excluding carboxylic acids is 1. The van der Waals surface area contributed by atoms with Crippen molar-refractivity contribution in [2.45, 2.75) is 32.4 Å². The third kappa shape index (κ3) is 3.23. The molecule has 1 aromatic carbocycles. The third-order valence-corrected chi connectivity index (χ3v) is 2.83. The number of benzene rings is 1. The van der Waals surface area contributed by atoms with Crippen LogP contribution in [-0.2, 0) is 20.7 Å². The van der Waals surface area contributed by atoms with Gasteiger partial charge in [0.25, 0.3) is 0 Å². The fourth-order valence-corrected chi connectivity index (χ4v) is 1.97. The zero-order valence-electron chi connectivity index (χ0n) is 10.8. The lowest BCUT2D eigenvalue weighted by atomic mass is 10.1. The number of carbonyl (C=O) groups is 1. The second-order valence-corrected chi connectivity index (χ2v) is 4.65. The van der Waals surface area contributed by atoms with Crippen LogP contribution in [0.1, 0.15) is 19.4 Å². The highest BCUT2D eigenvalue weighted by Crippen LogP contribution is 2.25. The number of para-hydroxylation sites is 1. The summed E-state index contributed by atoms with van der Waals surface area (Å²) in [5.74, 6) is -0.210. The number of ether oxygens (including phenoxy) is 2. The first-order chi connectivity index (χ1) is 8.66. The van der Waals surface area contributed by atoms with Gasteiger partial charge in [-0.05, 0) is 25.5 Å². The van der Waals surface area contributed by atoms with E-state index in [2.05, 4.69) is 5.32 Å². The summed E-state index contributed by atoms with van der Waals surface area (Å²) in [5, 5.41) is 3.17. The third-order valence-electron chi connectivity index (χ3n) is 2.83. The molecular weight excluding hydrogens is 230 g/mol. The molecule has 0 saturated heterocycles. The molecule has 2 rings (SSSR count). The first-order valence-corrected chi connectivity index (χ1v) is 6.29. The van der Waals surface area contributed by atoms with Crippen LogP contribution in [0.25, 0.3) is 0 Å². The highest BCUT2D eigenvalue weighted by molar-refractivity contribution is 5.82. The largest absolute Gasteiger partial charge is 0.462 e. The van der Waals surface area contributed by atoms with Crippen LogP contribution in [-0.4, -0.2) is 31.3 Å². The van der Waals surface area contributed by atoms with E-state index < -0.39 is 0 Å². The summed E-state index contributed by atoms with van der Waals surface area (Å²) in [6.07, 6.45) is 0.859. The fraction of sp³-hybridized carbons (Fsp3) is 0.500. The monoisotopic (exact) mass is 249 g/mol. The maximum atomic E-state index is 11.8. The molecule has 1 atom stereocenters. The lowest BCUT2D eigenvalue weighted by Crippen LogP contribution is -2.30. The van der Waals surface area contributed by atoms with Gasteiger partial charge in [-0.3, -0.25) is 0 Å². The second kappa shape index (κ2) is 5.87. The van der Waals surface area contributed by atoms with Crippen molar-refractivity contribution < 1.29 is 14.3 Å². The number of hydrogen-bond acceptors (Lipinski definition) is 4. The van der Waals surface area contributed by atoms with Crippen LogP contribution < -0.4 is 5.32 Å². The smallest absolute Gasteiger partial charge is 0.328 e. The Morgan fingerprint density at radius 3 is 2.89 bits per heavy atom. The molecule has 1 aliphatic rings. The Morgan fingerprint density at radius 2 is 2.17 bits per heavy atom. The van der Waals surface area contributed by atoms with E-state index in [1.165, 1.54) is 0 Å². The maximum Gasteiger partial charge on any atom is 0.328 e. The van der Waals surface area contributed by atoms with Crippen molar-refractivity contribution in [1.29, 1.82) is 0 Å². The summed E-state index contributed by atoms with van der Waals surface area (Å²) < 4.78 is 10.5. The van der Waals surface area contributed by atoms with Gasteiger partial charge in [-0.15, -0.1) is 0 Å². The number of nitrogens with one attached hydrogen (secondary N) is 1. The van der Waals surface area contributed by atoms with E-state index in [9.17, 15) is 4.79 Å². The molecular formula is C14H19NO3. The average molecular weight is 249 g/mol. The summed E-state index contributed by atoms with van der Waals surface area (Å²) in [6.45, 7) is 4.67. The molecule has 0 amide bonds. The summed E-state index contributed by atoms with van der Waals surface area (Å²) >= 11 is 0. The Hall–Kier alpha value is -1.55. The number of fused-ring (bicyclic) bond motifs is 1. The minimum absolute atomic E-state index is 0.164. The molecule has 0 spiro atoms. The lowest BCUT2D eigenvalue weighted by molar-refractivity contribution is -0.146. The Bertz CT molecular complexity index is 392. The van der Waals surface area contributed by atoms with Crippen LogP contribution >= 0.6 is 0 Å². The zero-order chi connectivity index (χ0) is 13.0. The molecule has 18 heavy (non-hydrogen) atoms. The normalized spacial score (nSPS) is 17.4. The zero-order valence-corrected chi connectivity index (χ0v) is 10.8. The van der Waals surface area contributed by atoms with Crippen molar-refractivity contribution in [2.75, 3.05) is 18.5 Å². The minimum Gasteiger partial charge on any atom is -0.462 e. The van der Waals surface area contributed by atoms with Gasteiger partial charge in [-0.2, -0.15) is 0 Å². The van der Waals surface area contributed by atoms with Gasteiger partial charge < -0.3 is 14.8 Å². The van der Waals surface area contributed by atoms with Gasteiger partial charge in [0.05, 0.1) is 12.7 Å². The van der Waals surface area contributed by atoms with Gasteiger partial charge in [-0.1, -0.05) is 18.2 Å². The number of esters is 1. The highest BCUT2D eigenvalue weighted by atomic mass is 16.6. The van der Waals surface area contributed by atoms with Crippen molar-refractivity contribution in [1.82, 2.24) is 0 Å². The van der Waals surface area contributed by atoms with Crippen molar-refractivity contribution in [3.05, 3.63) is 29.8 Å². The molecule has 1 aromatic rings. The number of rotatable bonds is 5. The molecule has 1 N–H and O–H groups in total. The average Bonchev–Trinajstić information content (AvgIpc) is 2.78. The van der Waals surface area contributed by atoms with Gasteiger partial charge in [0.15, 0.2) is 0 Å². The Labute approximate surface area is 107 Å². The Kier molecular flexibility index (Phi) is 4.20. The van der Waals surface area contributed by atoms with Gasteiger partial charge in [0.1, 0.15) is 12.6 Å². The Morgan fingerprint density at radius 1 is 1.39 bits per heavy atom. The van der Waals surface area contributed by atoms with Gasteiger partial charge in [0, 0.05) is 12.1 Å². The van der Waals surface area contributed by atoms with E-state index >= 15 is 0 Å². The summed E-state index contributed by atoms with van der Waals surface area (Å²) in [6, 6.07) is 7.67. The fourth-order valence-electron chi connectivity index (χ4n) is 1.97. The van der Waals surface area contributed by atoms with E-state index in [4.69, 9.17) is 9.47 Å². The van der Waals surface area contributed by atoms with E-state index in [1.807, 2.05) is 38.1 Å². The molecule has 0 aromatic heterocycles. The van der Waals surface area contributed by atoms with Crippen LogP contribution in [0.4, 0.5) is 5.69 Å². The lowest BCUT2D eigenvalue weighted by Gasteiger charge is -2.12. The molecule has 1 heterocycles. The number of hydrogen-bond donors (Lipinski definition) is 1. The first kappa shape index (κ1) is 12.9. The topological polar surface area (TPSA) is 47.6 Å². The molecule has 4 heteroatoms. The van der Waals surface area contributed by atoms with Crippen LogP contribution in [0, 0.1) is 0 Å². The molecule has 0 bridgehead atoms. The van der Waals surface area contributed by atoms with E-state index in [-0.39, 0.29) is 18.1 Å². The maximum absolute atomic E-state index is 11.8. The predicted octanol–water partition coefficient (Wildman–Crippen LogP) is 1.99. The summed E-state index contributed by atoms with van der Waals surface area (Å²) in [5.41, 5.74) is 2.19. The number of anilines is 1. The Balaban J connectivity index is 1.76. The first-order valence-electron chi connectivity index (χ1n) is 6.29. The van der Waals surface area contributed by atoms with Crippen LogP contribution in [0.2, 0.25) is 0 Å². The molecule has 0 aliphatic carbocycles. The van der Waals surface area contributed by atoms with E-state index in [1.54, 1.807) is 0 Å². The standard InChI is InChI=1S/C14H19NO3/c1-10(2)17-7-8-18-14(16)13-9-11-5-3-4-6-12(11)15-13/h3-6,10,13,15H,7-9H2,1-2H3/t13-/m0/s1. The summed E-state index contributed by atoms with van der Waals surface area (Å²) in [7, 11) is 0. The minimum atomic E-state index is -0.263. The van der Waals surface area contributed by atoms with Gasteiger partial charge in [0.2, 0.25) is 0 Å². The van der Waals surface area contributed by atoms with Crippen LogP contribution in [0.5, 0.6) is 0 Å².